The Morgan fingerprint density at radius 2 is 1.82 bits per heavy atom. The molecule has 0 aromatic heterocycles. The van der Waals surface area contributed by atoms with Crippen LogP contribution in [0.2, 0.25) is 0 Å². The van der Waals surface area contributed by atoms with Gasteiger partial charge in [-0.05, 0) is 52.6 Å². The lowest BCUT2D eigenvalue weighted by atomic mass is 10.1. The number of aliphatic hydroxyl groups is 1. The van der Waals surface area contributed by atoms with Gasteiger partial charge in [0, 0.05) is 25.2 Å². The van der Waals surface area contributed by atoms with E-state index in [9.17, 15) is 5.11 Å². The van der Waals surface area contributed by atoms with Gasteiger partial charge in [0.25, 0.3) is 0 Å². The molecule has 2 rings (SSSR count). The van der Waals surface area contributed by atoms with E-state index >= 15 is 0 Å². The van der Waals surface area contributed by atoms with E-state index in [0.29, 0.717) is 6.04 Å². The van der Waals surface area contributed by atoms with Crippen LogP contribution in [-0.2, 0) is 0 Å². The van der Waals surface area contributed by atoms with Crippen LogP contribution in [0.5, 0.6) is 0 Å². The van der Waals surface area contributed by atoms with Crippen LogP contribution in [0.25, 0.3) is 0 Å². The van der Waals surface area contributed by atoms with Crippen LogP contribution in [0.15, 0.2) is 0 Å². The molecule has 0 amide bonds. The molecule has 2 fully saturated rings. The van der Waals surface area contributed by atoms with E-state index in [1.54, 1.807) is 0 Å². The van der Waals surface area contributed by atoms with E-state index in [-0.39, 0.29) is 6.10 Å². The highest BCUT2D eigenvalue weighted by atomic mass is 16.3. The van der Waals surface area contributed by atoms with E-state index in [4.69, 9.17) is 0 Å². The fraction of sp³-hybridized carbons (Fsp3) is 1.00. The van der Waals surface area contributed by atoms with Crippen molar-refractivity contribution < 1.29 is 5.11 Å². The summed E-state index contributed by atoms with van der Waals surface area (Å²) in [6.45, 7) is 9.20. The minimum absolute atomic E-state index is 0.168. The Morgan fingerprint density at radius 3 is 2.47 bits per heavy atom. The van der Waals surface area contributed by atoms with Crippen LogP contribution < -0.4 is 0 Å². The Morgan fingerprint density at radius 1 is 1.12 bits per heavy atom. The summed E-state index contributed by atoms with van der Waals surface area (Å²) >= 11 is 0. The molecule has 100 valence electrons. The highest BCUT2D eigenvalue weighted by Gasteiger charge is 2.30. The molecule has 3 atom stereocenters. The van der Waals surface area contributed by atoms with E-state index < -0.39 is 0 Å². The van der Waals surface area contributed by atoms with Gasteiger partial charge in [0.05, 0.1) is 6.10 Å². The summed E-state index contributed by atoms with van der Waals surface area (Å²) in [6, 6.07) is 1.32. The molecule has 3 unspecified atom stereocenters. The monoisotopic (exact) mass is 240 g/mol. The van der Waals surface area contributed by atoms with Crippen molar-refractivity contribution in [1.82, 2.24) is 9.80 Å². The first-order valence-electron chi connectivity index (χ1n) is 7.33. The van der Waals surface area contributed by atoms with Gasteiger partial charge >= 0.3 is 0 Å². The molecule has 17 heavy (non-hydrogen) atoms. The summed E-state index contributed by atoms with van der Waals surface area (Å²) in [4.78, 5) is 5.25. The molecule has 2 saturated heterocycles. The number of hydrogen-bond donors (Lipinski definition) is 1. The number of rotatable bonds is 4. The minimum Gasteiger partial charge on any atom is -0.393 e. The first kappa shape index (κ1) is 13.3. The SMILES string of the molecule is CC(O)CC(C)N1CCC(N2CCCCC2)C1. The van der Waals surface area contributed by atoms with Crippen LogP contribution in [0, 0.1) is 0 Å². The van der Waals surface area contributed by atoms with Gasteiger partial charge in [-0.1, -0.05) is 6.42 Å². The van der Waals surface area contributed by atoms with Gasteiger partial charge in [0.1, 0.15) is 0 Å². The maximum absolute atomic E-state index is 9.46. The fourth-order valence-corrected chi connectivity index (χ4v) is 3.39. The van der Waals surface area contributed by atoms with Crippen LogP contribution in [0.4, 0.5) is 0 Å². The first-order chi connectivity index (χ1) is 8.16. The lowest BCUT2D eigenvalue weighted by molar-refractivity contribution is 0.120. The molecule has 0 radical (unpaired) electrons. The number of nitrogens with zero attached hydrogens (tertiary/aromatic N) is 2. The van der Waals surface area contributed by atoms with Crippen molar-refractivity contribution in [2.45, 2.75) is 64.1 Å². The van der Waals surface area contributed by atoms with Crippen molar-refractivity contribution >= 4 is 0 Å². The predicted octanol–water partition coefficient (Wildman–Crippen LogP) is 1.71. The summed E-state index contributed by atoms with van der Waals surface area (Å²) in [5.74, 6) is 0. The van der Waals surface area contributed by atoms with Crippen molar-refractivity contribution in [2.75, 3.05) is 26.2 Å². The number of piperidine rings is 1. The molecule has 2 aliphatic rings. The normalized spacial score (nSPS) is 31.6. The summed E-state index contributed by atoms with van der Waals surface area (Å²) in [6.07, 6.45) is 6.26. The molecule has 3 nitrogen and oxygen atoms in total. The zero-order valence-corrected chi connectivity index (χ0v) is 11.4. The molecule has 3 heteroatoms. The minimum atomic E-state index is -0.168. The summed E-state index contributed by atoms with van der Waals surface area (Å²) < 4.78 is 0. The lowest BCUT2D eigenvalue weighted by Crippen LogP contribution is -2.42. The Kier molecular flexibility index (Phi) is 4.83. The zero-order valence-electron chi connectivity index (χ0n) is 11.4. The molecule has 2 heterocycles. The second-order valence-electron chi connectivity index (χ2n) is 5.97. The van der Waals surface area contributed by atoms with Crippen LogP contribution in [-0.4, -0.2) is 59.3 Å². The molecular formula is C14H28N2O. The lowest BCUT2D eigenvalue weighted by Gasteiger charge is -2.33. The number of aliphatic hydroxyl groups excluding tert-OH is 1. The van der Waals surface area contributed by atoms with E-state index in [0.717, 1.165) is 12.5 Å². The molecule has 0 aliphatic carbocycles. The van der Waals surface area contributed by atoms with Crippen molar-refractivity contribution in [3.05, 3.63) is 0 Å². The topological polar surface area (TPSA) is 26.7 Å². The third-order valence-electron chi connectivity index (χ3n) is 4.41. The summed E-state index contributed by atoms with van der Waals surface area (Å²) in [7, 11) is 0. The quantitative estimate of drug-likeness (QED) is 0.810. The third-order valence-corrected chi connectivity index (χ3v) is 4.41. The molecule has 0 bridgehead atoms. The molecule has 1 N–H and O–H groups in total. The Balaban J connectivity index is 1.78. The Hall–Kier alpha value is -0.120. The second kappa shape index (κ2) is 6.17. The first-order valence-corrected chi connectivity index (χ1v) is 7.33. The maximum Gasteiger partial charge on any atom is 0.0526 e. The molecular weight excluding hydrogens is 212 g/mol. The maximum atomic E-state index is 9.46. The van der Waals surface area contributed by atoms with Crippen molar-refractivity contribution in [1.29, 1.82) is 0 Å². The fourth-order valence-electron chi connectivity index (χ4n) is 3.39. The van der Waals surface area contributed by atoms with Gasteiger partial charge < -0.3 is 5.11 Å². The van der Waals surface area contributed by atoms with Gasteiger partial charge in [-0.25, -0.2) is 0 Å². The summed E-state index contributed by atoms with van der Waals surface area (Å²) in [5, 5.41) is 9.46. The molecule has 0 spiro atoms. The van der Waals surface area contributed by atoms with Crippen molar-refractivity contribution in [2.24, 2.45) is 0 Å². The van der Waals surface area contributed by atoms with Crippen molar-refractivity contribution in [3.8, 4) is 0 Å². The standard InChI is InChI=1S/C14H28N2O/c1-12(10-13(2)17)16-9-6-14(11-16)15-7-4-3-5-8-15/h12-14,17H,3-11H2,1-2H3. The second-order valence-corrected chi connectivity index (χ2v) is 5.97. The molecule has 2 aliphatic heterocycles. The zero-order chi connectivity index (χ0) is 12.3. The van der Waals surface area contributed by atoms with Gasteiger partial charge in [0.15, 0.2) is 0 Å². The smallest absolute Gasteiger partial charge is 0.0526 e. The third kappa shape index (κ3) is 3.67. The highest BCUT2D eigenvalue weighted by Crippen LogP contribution is 2.22. The van der Waals surface area contributed by atoms with Crippen molar-refractivity contribution in [3.63, 3.8) is 0 Å². The molecule has 0 saturated carbocycles. The molecule has 0 aromatic rings. The average molecular weight is 240 g/mol. The molecule has 0 aromatic carbocycles. The van der Waals surface area contributed by atoms with Crippen LogP contribution in [0.1, 0.15) is 46.0 Å². The van der Waals surface area contributed by atoms with E-state index in [2.05, 4.69) is 16.7 Å². The summed E-state index contributed by atoms with van der Waals surface area (Å²) in [5.41, 5.74) is 0. The van der Waals surface area contributed by atoms with E-state index in [1.165, 1.54) is 51.9 Å². The predicted molar refractivity (Wildman–Crippen MR) is 71.2 cm³/mol. The van der Waals surface area contributed by atoms with Crippen LogP contribution in [0.3, 0.4) is 0 Å². The van der Waals surface area contributed by atoms with Gasteiger partial charge in [-0.2, -0.15) is 0 Å². The Labute approximate surface area is 106 Å². The highest BCUT2D eigenvalue weighted by molar-refractivity contribution is 4.87. The Bertz CT molecular complexity index is 226. The largest absolute Gasteiger partial charge is 0.393 e. The van der Waals surface area contributed by atoms with Gasteiger partial charge in [-0.15, -0.1) is 0 Å². The number of likely N-dealkylation sites (tertiary alicyclic amines) is 2. The van der Waals surface area contributed by atoms with Gasteiger partial charge in [-0.3, -0.25) is 9.80 Å². The van der Waals surface area contributed by atoms with E-state index in [1.807, 2.05) is 6.92 Å². The van der Waals surface area contributed by atoms with Gasteiger partial charge in [0.2, 0.25) is 0 Å². The average Bonchev–Trinajstić information content (AvgIpc) is 2.78. The number of hydrogen-bond acceptors (Lipinski definition) is 3. The van der Waals surface area contributed by atoms with Crippen LogP contribution >= 0.6 is 0 Å².